The third kappa shape index (κ3) is 4.89. The average Bonchev–Trinajstić information content (AvgIpc) is 2.21. The Bertz CT molecular complexity index is 259. The largest absolute Gasteiger partial charge is 0.468 e. The van der Waals surface area contributed by atoms with Gasteiger partial charge in [-0.15, -0.1) is 12.4 Å². The zero-order valence-corrected chi connectivity index (χ0v) is 10.9. The van der Waals surface area contributed by atoms with Crippen molar-refractivity contribution in [1.82, 2.24) is 10.2 Å². The maximum absolute atomic E-state index is 11.9. The number of hydrogen-bond acceptors (Lipinski definition) is 5. The molecular weight excluding hydrogens is 248 g/mol. The number of esters is 1. The first-order valence-corrected chi connectivity index (χ1v) is 5.24. The zero-order chi connectivity index (χ0) is 12.0. The molecule has 0 aromatic carbocycles. The van der Waals surface area contributed by atoms with E-state index in [0.717, 1.165) is 0 Å². The van der Waals surface area contributed by atoms with Gasteiger partial charge in [0.2, 0.25) is 5.91 Å². The van der Waals surface area contributed by atoms with E-state index in [1.165, 1.54) is 12.0 Å². The molecule has 0 aromatic rings. The summed E-state index contributed by atoms with van der Waals surface area (Å²) in [5, 5.41) is 3.03. The Morgan fingerprint density at radius 1 is 1.35 bits per heavy atom. The summed E-state index contributed by atoms with van der Waals surface area (Å²) in [4.78, 5) is 24.5. The Labute approximate surface area is 107 Å². The molecule has 1 aliphatic heterocycles. The first-order valence-electron chi connectivity index (χ1n) is 5.24. The van der Waals surface area contributed by atoms with E-state index < -0.39 is 5.97 Å². The molecule has 0 aliphatic carbocycles. The highest BCUT2D eigenvalue weighted by Crippen LogP contribution is 2.08. The van der Waals surface area contributed by atoms with E-state index in [1.807, 2.05) is 0 Å². The van der Waals surface area contributed by atoms with Gasteiger partial charge in [-0.3, -0.25) is 9.59 Å². The predicted octanol–water partition coefficient (Wildman–Crippen LogP) is -0.724. The van der Waals surface area contributed by atoms with Crippen molar-refractivity contribution in [2.75, 3.05) is 47.0 Å². The fraction of sp³-hybridized carbons (Fsp3) is 0.800. The van der Waals surface area contributed by atoms with Crippen LogP contribution in [0.4, 0.5) is 0 Å². The van der Waals surface area contributed by atoms with Gasteiger partial charge in [0.25, 0.3) is 0 Å². The molecule has 1 saturated heterocycles. The summed E-state index contributed by atoms with van der Waals surface area (Å²) in [6, 6.07) is 0. The fourth-order valence-corrected chi connectivity index (χ4v) is 1.41. The van der Waals surface area contributed by atoms with Gasteiger partial charge >= 0.3 is 5.97 Å². The third-order valence-electron chi connectivity index (χ3n) is 2.56. The molecule has 0 bridgehead atoms. The van der Waals surface area contributed by atoms with E-state index in [4.69, 9.17) is 4.74 Å². The first kappa shape index (κ1) is 16.1. The molecule has 6 nitrogen and oxygen atoms in total. The Kier molecular flexibility index (Phi) is 7.86. The summed E-state index contributed by atoms with van der Waals surface area (Å²) in [6.45, 7) is 2.20. The Hall–Kier alpha value is -0.850. The lowest BCUT2D eigenvalue weighted by Gasteiger charge is -2.31. The highest BCUT2D eigenvalue weighted by molar-refractivity contribution is 5.85. The summed E-state index contributed by atoms with van der Waals surface area (Å²) in [7, 11) is 2.87. The minimum absolute atomic E-state index is 0. The van der Waals surface area contributed by atoms with Crippen molar-refractivity contribution in [3.05, 3.63) is 0 Å². The molecule has 1 aliphatic rings. The summed E-state index contributed by atoms with van der Waals surface area (Å²) in [5.74, 6) is -0.431. The predicted molar refractivity (Wildman–Crippen MR) is 64.1 cm³/mol. The number of hydrogen-bond donors (Lipinski definition) is 1. The first-order chi connectivity index (χ1) is 7.69. The van der Waals surface area contributed by atoms with E-state index in [2.05, 4.69) is 10.1 Å². The Morgan fingerprint density at radius 2 is 2.00 bits per heavy atom. The van der Waals surface area contributed by atoms with Gasteiger partial charge in [0.1, 0.15) is 6.54 Å². The van der Waals surface area contributed by atoms with Crippen LogP contribution in [0.1, 0.15) is 0 Å². The molecule has 1 heterocycles. The van der Waals surface area contributed by atoms with E-state index in [1.54, 1.807) is 7.11 Å². The highest BCUT2D eigenvalue weighted by Gasteiger charge is 2.30. The van der Waals surface area contributed by atoms with Crippen LogP contribution >= 0.6 is 12.4 Å². The van der Waals surface area contributed by atoms with Crippen molar-refractivity contribution in [1.29, 1.82) is 0 Å². The number of ether oxygens (including phenoxy) is 2. The van der Waals surface area contributed by atoms with Crippen molar-refractivity contribution in [3.8, 4) is 0 Å². The molecule has 7 heteroatoms. The standard InChI is InChI=1S/C10H18N2O4.ClH/c1-15-4-3-12(7-9(13)16-2)10(14)8-5-11-6-8;/h8,11H,3-7H2,1-2H3;1H. The summed E-state index contributed by atoms with van der Waals surface area (Å²) >= 11 is 0. The molecule has 100 valence electrons. The number of halogens is 1. The van der Waals surface area contributed by atoms with E-state index in [0.29, 0.717) is 26.2 Å². The number of nitrogens with zero attached hydrogens (tertiary/aromatic N) is 1. The second kappa shape index (κ2) is 8.27. The molecular formula is C10H19ClN2O4. The van der Waals surface area contributed by atoms with Crippen LogP contribution in [0.15, 0.2) is 0 Å². The summed E-state index contributed by atoms with van der Waals surface area (Å²) in [6.07, 6.45) is 0. The van der Waals surface area contributed by atoms with Crippen LogP contribution in [0.5, 0.6) is 0 Å². The molecule has 0 radical (unpaired) electrons. The molecule has 0 saturated carbocycles. The molecule has 1 rings (SSSR count). The van der Waals surface area contributed by atoms with Crippen LogP contribution in [-0.2, 0) is 19.1 Å². The average molecular weight is 267 g/mol. The monoisotopic (exact) mass is 266 g/mol. The van der Waals surface area contributed by atoms with Crippen molar-refractivity contribution >= 4 is 24.3 Å². The molecule has 0 unspecified atom stereocenters. The van der Waals surface area contributed by atoms with E-state index in [9.17, 15) is 9.59 Å². The SMILES string of the molecule is COCCN(CC(=O)OC)C(=O)C1CNC1.Cl. The molecule has 1 fully saturated rings. The molecule has 0 spiro atoms. The van der Waals surface area contributed by atoms with Crippen molar-refractivity contribution in [2.24, 2.45) is 5.92 Å². The van der Waals surface area contributed by atoms with Crippen LogP contribution in [-0.4, -0.2) is 63.8 Å². The second-order valence-electron chi connectivity index (χ2n) is 3.68. The second-order valence-corrected chi connectivity index (χ2v) is 3.68. The van der Waals surface area contributed by atoms with Gasteiger partial charge in [0, 0.05) is 26.7 Å². The van der Waals surface area contributed by atoms with Gasteiger partial charge in [-0.1, -0.05) is 0 Å². The topological polar surface area (TPSA) is 67.9 Å². The highest BCUT2D eigenvalue weighted by atomic mass is 35.5. The molecule has 1 N–H and O–H groups in total. The number of amides is 1. The van der Waals surface area contributed by atoms with Gasteiger partial charge in [-0.25, -0.2) is 0 Å². The van der Waals surface area contributed by atoms with E-state index >= 15 is 0 Å². The van der Waals surface area contributed by atoms with Gasteiger partial charge in [-0.05, 0) is 0 Å². The summed E-state index contributed by atoms with van der Waals surface area (Å²) < 4.78 is 9.46. The zero-order valence-electron chi connectivity index (χ0n) is 10.1. The number of methoxy groups -OCH3 is 2. The van der Waals surface area contributed by atoms with Crippen molar-refractivity contribution in [3.63, 3.8) is 0 Å². The molecule has 0 aromatic heterocycles. The quantitative estimate of drug-likeness (QED) is 0.643. The van der Waals surface area contributed by atoms with E-state index in [-0.39, 0.29) is 30.8 Å². The van der Waals surface area contributed by atoms with Crippen LogP contribution in [0.25, 0.3) is 0 Å². The Balaban J connectivity index is 0.00000256. The lowest BCUT2D eigenvalue weighted by atomic mass is 10.0. The van der Waals surface area contributed by atoms with Crippen LogP contribution in [0.3, 0.4) is 0 Å². The minimum atomic E-state index is -0.406. The number of carbonyl (C=O) groups excluding carboxylic acids is 2. The van der Waals surface area contributed by atoms with Crippen molar-refractivity contribution < 1.29 is 19.1 Å². The van der Waals surface area contributed by atoms with Gasteiger partial charge in [0.15, 0.2) is 0 Å². The lowest BCUT2D eigenvalue weighted by molar-refractivity contribution is -0.149. The third-order valence-corrected chi connectivity index (χ3v) is 2.56. The van der Waals surface area contributed by atoms with Crippen LogP contribution < -0.4 is 5.32 Å². The number of nitrogens with one attached hydrogen (secondary N) is 1. The smallest absolute Gasteiger partial charge is 0.325 e. The van der Waals surface area contributed by atoms with Crippen LogP contribution in [0, 0.1) is 5.92 Å². The Morgan fingerprint density at radius 3 is 2.41 bits per heavy atom. The molecule has 0 atom stereocenters. The lowest BCUT2D eigenvalue weighted by Crippen LogP contribution is -2.53. The molecule has 1 amide bonds. The van der Waals surface area contributed by atoms with Gasteiger partial charge in [0.05, 0.1) is 19.6 Å². The maximum Gasteiger partial charge on any atom is 0.325 e. The normalized spacial score (nSPS) is 14.5. The molecule has 17 heavy (non-hydrogen) atoms. The fourth-order valence-electron chi connectivity index (χ4n) is 1.41. The van der Waals surface area contributed by atoms with Gasteiger partial charge in [-0.2, -0.15) is 0 Å². The van der Waals surface area contributed by atoms with Crippen LogP contribution in [0.2, 0.25) is 0 Å². The maximum atomic E-state index is 11.9. The van der Waals surface area contributed by atoms with Crippen molar-refractivity contribution in [2.45, 2.75) is 0 Å². The summed E-state index contributed by atoms with van der Waals surface area (Å²) in [5.41, 5.74) is 0. The number of rotatable bonds is 6. The minimum Gasteiger partial charge on any atom is -0.468 e. The van der Waals surface area contributed by atoms with Gasteiger partial charge < -0.3 is 19.7 Å². The number of carbonyl (C=O) groups is 2.